The number of amides is 2. The van der Waals surface area contributed by atoms with Crippen molar-refractivity contribution in [3.8, 4) is 0 Å². The molecule has 4 rings (SSSR count). The summed E-state index contributed by atoms with van der Waals surface area (Å²) < 4.78 is 29.2. The minimum atomic E-state index is -4.08. The number of urea groups is 1. The lowest BCUT2D eigenvalue weighted by atomic mass is 9.99. The monoisotopic (exact) mass is 431 g/mol. The van der Waals surface area contributed by atoms with E-state index in [2.05, 4.69) is 26.5 Å². The molecule has 0 aliphatic heterocycles. The van der Waals surface area contributed by atoms with Gasteiger partial charge in [0.2, 0.25) is 0 Å². The second-order valence-electron chi connectivity index (χ2n) is 8.73. The Kier molecular flexibility index (Phi) is 5.36. The summed E-state index contributed by atoms with van der Waals surface area (Å²) in [5, 5.41) is 9.94. The second-order valence-corrected chi connectivity index (χ2v) is 10.4. The third kappa shape index (κ3) is 3.83. The van der Waals surface area contributed by atoms with Crippen molar-refractivity contribution in [1.29, 1.82) is 0 Å². The lowest BCUT2D eigenvalue weighted by Gasteiger charge is -2.24. The fourth-order valence-electron chi connectivity index (χ4n) is 4.58. The first-order valence-corrected chi connectivity index (χ1v) is 11.9. The molecule has 0 atom stereocenters. The molecule has 0 saturated heterocycles. The van der Waals surface area contributed by atoms with E-state index in [1.165, 1.54) is 17.2 Å². The van der Waals surface area contributed by atoms with Gasteiger partial charge >= 0.3 is 6.03 Å². The number of carbonyl (C=O) groups excluding carboxylic acids is 1. The highest BCUT2D eigenvalue weighted by atomic mass is 32.2. The van der Waals surface area contributed by atoms with Crippen LogP contribution in [0.15, 0.2) is 23.4 Å². The smallest absolute Gasteiger partial charge is 0.317 e. The SMILES string of the molecule is CNCC(C)(C)n1ccc(S(=O)(=O)NC(=O)Nc2c3c(cc4c2CCC4)CCC3)n1. The average Bonchev–Trinajstić information content (AvgIpc) is 3.41. The van der Waals surface area contributed by atoms with Crippen LogP contribution in [0.4, 0.5) is 10.5 Å². The molecule has 2 aromatic rings. The molecule has 1 aromatic heterocycles. The minimum absolute atomic E-state index is 0.176. The Balaban J connectivity index is 1.54. The number of nitrogens with one attached hydrogen (secondary N) is 3. The maximum atomic E-state index is 12.7. The van der Waals surface area contributed by atoms with Gasteiger partial charge in [0.1, 0.15) is 0 Å². The van der Waals surface area contributed by atoms with Crippen LogP contribution in [0, 0.1) is 0 Å². The molecule has 1 heterocycles. The zero-order chi connectivity index (χ0) is 21.5. The van der Waals surface area contributed by atoms with Crippen LogP contribution in [-0.2, 0) is 41.2 Å². The molecule has 2 aliphatic carbocycles. The van der Waals surface area contributed by atoms with Crippen molar-refractivity contribution >= 4 is 21.7 Å². The van der Waals surface area contributed by atoms with E-state index in [0.717, 1.165) is 55.3 Å². The van der Waals surface area contributed by atoms with E-state index in [-0.39, 0.29) is 5.03 Å². The van der Waals surface area contributed by atoms with Crippen molar-refractivity contribution in [3.63, 3.8) is 0 Å². The van der Waals surface area contributed by atoms with Crippen LogP contribution in [0.3, 0.4) is 0 Å². The highest BCUT2D eigenvalue weighted by Crippen LogP contribution is 2.38. The second kappa shape index (κ2) is 7.70. The quantitative estimate of drug-likeness (QED) is 0.651. The number of anilines is 1. The Labute approximate surface area is 177 Å². The molecular formula is C21H29N5O3S. The van der Waals surface area contributed by atoms with Crippen LogP contribution in [0.2, 0.25) is 0 Å². The summed E-state index contributed by atoms with van der Waals surface area (Å²) in [6.45, 7) is 4.51. The van der Waals surface area contributed by atoms with Crippen LogP contribution in [-0.4, -0.2) is 37.8 Å². The molecule has 8 nitrogen and oxygen atoms in total. The molecule has 30 heavy (non-hydrogen) atoms. The van der Waals surface area contributed by atoms with Crippen LogP contribution in [0.5, 0.6) is 0 Å². The number of likely N-dealkylation sites (N-methyl/N-ethyl adjacent to an activating group) is 1. The number of nitrogens with zero attached hydrogens (tertiary/aromatic N) is 2. The van der Waals surface area contributed by atoms with Crippen molar-refractivity contribution in [2.75, 3.05) is 18.9 Å². The Hall–Kier alpha value is -2.39. The number of fused-ring (bicyclic) bond motifs is 2. The number of rotatable bonds is 6. The number of hydrogen-bond donors (Lipinski definition) is 3. The first-order chi connectivity index (χ1) is 14.2. The van der Waals surface area contributed by atoms with Gasteiger partial charge in [-0.15, -0.1) is 0 Å². The lowest BCUT2D eigenvalue weighted by molar-refractivity contribution is 0.256. The molecule has 0 bridgehead atoms. The Morgan fingerprint density at radius 2 is 1.77 bits per heavy atom. The van der Waals surface area contributed by atoms with Crippen molar-refractivity contribution < 1.29 is 13.2 Å². The van der Waals surface area contributed by atoms with Gasteiger partial charge in [0, 0.05) is 18.4 Å². The molecule has 2 aliphatic rings. The molecule has 0 unspecified atom stereocenters. The Bertz CT molecular complexity index is 1060. The van der Waals surface area contributed by atoms with E-state index in [4.69, 9.17) is 0 Å². The van der Waals surface area contributed by atoms with Gasteiger partial charge in [-0.05, 0) is 87.7 Å². The number of aryl methyl sites for hydroxylation is 2. The standard InChI is InChI=1S/C21H29N5O3S/c1-21(2,13-22-3)26-11-10-18(24-26)30(28,29)25-20(27)23-19-16-8-4-6-14(16)12-15-7-5-9-17(15)19/h10-12,22H,4-9,13H2,1-3H3,(H2,23,25,27). The van der Waals surface area contributed by atoms with E-state index in [1.54, 1.807) is 10.9 Å². The molecule has 1 aromatic carbocycles. The van der Waals surface area contributed by atoms with E-state index < -0.39 is 21.6 Å². The highest BCUT2D eigenvalue weighted by Gasteiger charge is 2.28. The topological polar surface area (TPSA) is 105 Å². The van der Waals surface area contributed by atoms with Crippen molar-refractivity contribution in [2.45, 2.75) is 62.9 Å². The van der Waals surface area contributed by atoms with Crippen molar-refractivity contribution in [2.24, 2.45) is 0 Å². The van der Waals surface area contributed by atoms with E-state index in [0.29, 0.717) is 6.54 Å². The normalized spacial score (nSPS) is 15.7. The highest BCUT2D eigenvalue weighted by molar-refractivity contribution is 7.90. The molecule has 2 amide bonds. The molecule has 0 saturated carbocycles. The van der Waals surface area contributed by atoms with Gasteiger partial charge in [-0.1, -0.05) is 6.07 Å². The molecule has 0 fully saturated rings. The fraction of sp³-hybridized carbons (Fsp3) is 0.524. The van der Waals surface area contributed by atoms with Crippen LogP contribution in [0.25, 0.3) is 0 Å². The van der Waals surface area contributed by atoms with Crippen molar-refractivity contribution in [3.05, 3.63) is 40.6 Å². The summed E-state index contributed by atoms with van der Waals surface area (Å²) >= 11 is 0. The van der Waals surface area contributed by atoms with E-state index in [1.807, 2.05) is 20.9 Å². The summed E-state index contributed by atoms with van der Waals surface area (Å²) in [4.78, 5) is 12.7. The van der Waals surface area contributed by atoms with Crippen LogP contribution >= 0.6 is 0 Å². The van der Waals surface area contributed by atoms with Crippen LogP contribution < -0.4 is 15.4 Å². The molecule has 3 N–H and O–H groups in total. The zero-order valence-electron chi connectivity index (χ0n) is 17.7. The largest absolute Gasteiger partial charge is 0.333 e. The average molecular weight is 432 g/mol. The maximum absolute atomic E-state index is 12.7. The van der Waals surface area contributed by atoms with Gasteiger partial charge in [0.05, 0.1) is 5.54 Å². The summed E-state index contributed by atoms with van der Waals surface area (Å²) in [6, 6.07) is 2.93. The van der Waals surface area contributed by atoms with Gasteiger partial charge in [0.15, 0.2) is 5.03 Å². The number of aromatic nitrogens is 2. The summed E-state index contributed by atoms with van der Waals surface area (Å²) in [5.41, 5.74) is 5.27. The third-order valence-corrected chi connectivity index (χ3v) is 7.23. The first-order valence-electron chi connectivity index (χ1n) is 10.4. The first kappa shape index (κ1) is 20.9. The Morgan fingerprint density at radius 3 is 2.37 bits per heavy atom. The lowest BCUT2D eigenvalue weighted by Crippen LogP contribution is -2.38. The Morgan fingerprint density at radius 1 is 1.13 bits per heavy atom. The van der Waals surface area contributed by atoms with Gasteiger partial charge in [-0.3, -0.25) is 4.68 Å². The number of carbonyl (C=O) groups is 1. The van der Waals surface area contributed by atoms with E-state index in [9.17, 15) is 13.2 Å². The van der Waals surface area contributed by atoms with Crippen LogP contribution in [0.1, 0.15) is 48.9 Å². The molecule has 162 valence electrons. The maximum Gasteiger partial charge on any atom is 0.333 e. The van der Waals surface area contributed by atoms with Crippen molar-refractivity contribution in [1.82, 2.24) is 19.8 Å². The number of benzene rings is 1. The van der Waals surface area contributed by atoms with Gasteiger partial charge in [0.25, 0.3) is 10.0 Å². The summed E-state index contributed by atoms with van der Waals surface area (Å²) in [5.74, 6) is 0. The molecule has 0 spiro atoms. The van der Waals surface area contributed by atoms with Gasteiger partial charge in [-0.2, -0.15) is 13.5 Å². The molecule has 0 radical (unpaired) electrons. The molecular weight excluding hydrogens is 402 g/mol. The number of sulfonamides is 1. The minimum Gasteiger partial charge on any atom is -0.317 e. The fourth-order valence-corrected chi connectivity index (χ4v) is 5.42. The zero-order valence-corrected chi connectivity index (χ0v) is 18.5. The summed E-state index contributed by atoms with van der Waals surface area (Å²) in [6.07, 6.45) is 7.58. The number of hydrogen-bond acceptors (Lipinski definition) is 5. The third-order valence-electron chi connectivity index (χ3n) is 6.01. The molecule has 9 heteroatoms. The van der Waals surface area contributed by atoms with E-state index >= 15 is 0 Å². The van der Waals surface area contributed by atoms with Gasteiger partial charge < -0.3 is 10.6 Å². The predicted octanol–water partition coefficient (Wildman–Crippen LogP) is 2.33. The predicted molar refractivity (Wildman–Crippen MR) is 115 cm³/mol. The van der Waals surface area contributed by atoms with Gasteiger partial charge in [-0.25, -0.2) is 9.52 Å². The summed E-state index contributed by atoms with van der Waals surface area (Å²) in [7, 11) is -2.25.